The molecule has 0 saturated heterocycles. The molecule has 2 aromatic carbocycles. The molecule has 130 valence electrons. The predicted molar refractivity (Wildman–Crippen MR) is 110 cm³/mol. The second kappa shape index (κ2) is 9.28. The average Bonchev–Trinajstić information content (AvgIpc) is 2.62. The lowest BCUT2D eigenvalue weighted by Gasteiger charge is -2.02. The summed E-state index contributed by atoms with van der Waals surface area (Å²) in [5.41, 5.74) is 3.33. The van der Waals surface area contributed by atoms with Crippen molar-refractivity contribution < 1.29 is 9.59 Å². The van der Waals surface area contributed by atoms with E-state index in [2.05, 4.69) is 25.0 Å². The summed E-state index contributed by atoms with van der Waals surface area (Å²) in [5, 5.41) is -0.112. The molecule has 0 aliphatic heterocycles. The first kappa shape index (κ1) is 19.8. The number of hydrogen-bond acceptors (Lipinski definition) is 4. The van der Waals surface area contributed by atoms with Crippen molar-refractivity contribution in [1.29, 1.82) is 0 Å². The van der Waals surface area contributed by atoms with Gasteiger partial charge in [0.1, 0.15) is 0 Å². The van der Waals surface area contributed by atoms with Crippen molar-refractivity contribution in [1.82, 2.24) is 0 Å². The highest BCUT2D eigenvalue weighted by atomic mass is 32.2. The first-order valence-corrected chi connectivity index (χ1v) is 9.47. The van der Waals surface area contributed by atoms with Gasteiger partial charge in [-0.2, -0.15) is 0 Å². The third-order valence-electron chi connectivity index (χ3n) is 3.34. The molecule has 0 bridgehead atoms. The van der Waals surface area contributed by atoms with Gasteiger partial charge in [0.25, 0.3) is 0 Å². The highest BCUT2D eigenvalue weighted by Gasteiger charge is 2.05. The fourth-order valence-corrected chi connectivity index (χ4v) is 3.29. The third kappa shape index (κ3) is 5.80. The molecule has 2 rings (SSSR count). The zero-order chi connectivity index (χ0) is 19.1. The molecule has 0 aliphatic carbocycles. The molecule has 0 radical (unpaired) electrons. The number of thioether (sulfide) groups is 2. The molecule has 0 spiro atoms. The third-order valence-corrected chi connectivity index (χ3v) is 5.24. The largest absolute Gasteiger partial charge is 0.282 e. The summed E-state index contributed by atoms with van der Waals surface area (Å²) in [5.74, 6) is 6.27. The van der Waals surface area contributed by atoms with E-state index in [4.69, 9.17) is 0 Å². The van der Waals surface area contributed by atoms with Crippen LogP contribution in [0.2, 0.25) is 0 Å². The Bertz CT molecular complexity index is 929. The Kier molecular flexibility index (Phi) is 7.08. The summed E-state index contributed by atoms with van der Waals surface area (Å²) < 4.78 is 0. The number of carbonyl (C=O) groups excluding carboxylic acids is 2. The Morgan fingerprint density at radius 1 is 1.00 bits per heavy atom. The van der Waals surface area contributed by atoms with Crippen molar-refractivity contribution in [2.45, 2.75) is 23.6 Å². The van der Waals surface area contributed by atoms with Crippen LogP contribution in [0.25, 0.3) is 0 Å². The van der Waals surface area contributed by atoms with Crippen molar-refractivity contribution in [3.63, 3.8) is 0 Å². The highest BCUT2D eigenvalue weighted by Crippen LogP contribution is 2.23. The van der Waals surface area contributed by atoms with Gasteiger partial charge in [0.2, 0.25) is 10.2 Å². The number of aryl methyl sites for hydroxylation is 1. The normalized spacial score (nSPS) is 9.77. The van der Waals surface area contributed by atoms with Crippen LogP contribution in [0.1, 0.15) is 23.6 Å². The summed E-state index contributed by atoms with van der Waals surface area (Å²) >= 11 is 2.31. The van der Waals surface area contributed by atoms with Crippen LogP contribution < -0.4 is 0 Å². The Labute approximate surface area is 162 Å². The van der Waals surface area contributed by atoms with E-state index in [1.165, 1.54) is 6.08 Å². The molecule has 26 heavy (non-hydrogen) atoms. The summed E-state index contributed by atoms with van der Waals surface area (Å²) in [6.45, 7) is 10.8. The lowest BCUT2D eigenvalue weighted by atomic mass is 10.1. The molecule has 0 saturated carbocycles. The lowest BCUT2D eigenvalue weighted by Crippen LogP contribution is -1.90. The van der Waals surface area contributed by atoms with Gasteiger partial charge in [-0.25, -0.2) is 0 Å². The fraction of sp³-hybridized carbons (Fsp3) is 0.0909. The van der Waals surface area contributed by atoms with Crippen molar-refractivity contribution in [3.05, 3.63) is 84.0 Å². The Hall–Kier alpha value is -2.48. The molecule has 4 heteroatoms. The van der Waals surface area contributed by atoms with Crippen LogP contribution in [-0.4, -0.2) is 10.2 Å². The molecule has 0 amide bonds. The topological polar surface area (TPSA) is 34.1 Å². The van der Waals surface area contributed by atoms with Crippen LogP contribution in [-0.2, 0) is 9.59 Å². The summed E-state index contributed by atoms with van der Waals surface area (Å²) in [6.07, 6.45) is 1.31. The van der Waals surface area contributed by atoms with Gasteiger partial charge in [0.15, 0.2) is 0 Å². The van der Waals surface area contributed by atoms with Crippen molar-refractivity contribution >= 4 is 33.8 Å². The number of carbonyl (C=O) groups is 2. The van der Waals surface area contributed by atoms with E-state index < -0.39 is 0 Å². The maximum Gasteiger partial charge on any atom is 0.219 e. The van der Waals surface area contributed by atoms with Gasteiger partial charge in [-0.15, -0.1) is 0 Å². The van der Waals surface area contributed by atoms with Crippen LogP contribution in [0, 0.1) is 18.8 Å². The van der Waals surface area contributed by atoms with Gasteiger partial charge in [0, 0.05) is 20.9 Å². The van der Waals surface area contributed by atoms with Crippen LogP contribution >= 0.6 is 23.5 Å². The molecular formula is C22H18O2S2. The van der Waals surface area contributed by atoms with E-state index in [-0.39, 0.29) is 10.2 Å². The highest BCUT2D eigenvalue weighted by molar-refractivity contribution is 8.14. The number of hydrogen-bond donors (Lipinski definition) is 0. The molecule has 0 N–H and O–H groups in total. The number of rotatable bonds is 4. The maximum absolute atomic E-state index is 11.7. The van der Waals surface area contributed by atoms with E-state index >= 15 is 0 Å². The number of benzene rings is 2. The average molecular weight is 379 g/mol. The molecule has 0 fully saturated rings. The molecule has 0 atom stereocenters. The molecule has 2 nitrogen and oxygen atoms in total. The zero-order valence-corrected chi connectivity index (χ0v) is 16.3. The first-order chi connectivity index (χ1) is 12.4. The summed E-state index contributed by atoms with van der Waals surface area (Å²) in [7, 11) is 0. The second-order valence-corrected chi connectivity index (χ2v) is 7.67. The van der Waals surface area contributed by atoms with E-state index in [1.807, 2.05) is 49.4 Å². The van der Waals surface area contributed by atoms with Gasteiger partial charge in [-0.1, -0.05) is 25.0 Å². The van der Waals surface area contributed by atoms with Gasteiger partial charge < -0.3 is 0 Å². The van der Waals surface area contributed by atoms with Crippen molar-refractivity contribution in [3.8, 4) is 11.8 Å². The van der Waals surface area contributed by atoms with Crippen molar-refractivity contribution in [2.24, 2.45) is 0 Å². The lowest BCUT2D eigenvalue weighted by molar-refractivity contribution is -0.108. The Morgan fingerprint density at radius 3 is 2.23 bits per heavy atom. The molecule has 0 unspecified atom stereocenters. The molecule has 0 aromatic heterocycles. The first-order valence-electron chi connectivity index (χ1n) is 7.83. The van der Waals surface area contributed by atoms with Crippen LogP contribution in [0.4, 0.5) is 0 Å². The molecule has 0 aliphatic rings. The quantitative estimate of drug-likeness (QED) is 0.406. The Morgan fingerprint density at radius 2 is 1.65 bits per heavy atom. The van der Waals surface area contributed by atoms with Crippen LogP contribution in [0.15, 0.2) is 77.1 Å². The fourth-order valence-electron chi connectivity index (χ4n) is 1.94. The maximum atomic E-state index is 11.7. The summed E-state index contributed by atoms with van der Waals surface area (Å²) in [6, 6.07) is 13.3. The zero-order valence-electron chi connectivity index (χ0n) is 14.7. The van der Waals surface area contributed by atoms with E-state index in [9.17, 15) is 9.59 Å². The molecular weight excluding hydrogens is 360 g/mol. The SMILES string of the molecule is C=CC(=O)Sc1ccc(C#Cc2ccc(SC(=O)C(=C)C)cc2)c(C)c1. The minimum atomic E-state index is -0.0775. The van der Waals surface area contributed by atoms with Crippen LogP contribution in [0.5, 0.6) is 0 Å². The standard InChI is InChI=1S/C22H18O2S2/c1-5-21(23)25-20-13-10-18(16(4)14-20)9-6-17-7-11-19(12-8-17)26-22(24)15(2)3/h5,7-8,10-14H,1-2H2,3-4H3. The minimum Gasteiger partial charge on any atom is -0.282 e. The minimum absolute atomic E-state index is 0.0349. The van der Waals surface area contributed by atoms with E-state index in [0.717, 1.165) is 50.0 Å². The van der Waals surface area contributed by atoms with Gasteiger partial charge in [-0.05, 0) is 97.0 Å². The van der Waals surface area contributed by atoms with Crippen molar-refractivity contribution in [2.75, 3.05) is 0 Å². The monoisotopic (exact) mass is 378 g/mol. The second-order valence-electron chi connectivity index (χ2n) is 5.55. The molecule has 2 aromatic rings. The molecule has 0 heterocycles. The van der Waals surface area contributed by atoms with Gasteiger partial charge in [0.05, 0.1) is 0 Å². The van der Waals surface area contributed by atoms with E-state index in [1.54, 1.807) is 6.92 Å². The van der Waals surface area contributed by atoms with Gasteiger partial charge in [-0.3, -0.25) is 9.59 Å². The Balaban J connectivity index is 2.11. The predicted octanol–water partition coefficient (Wildman–Crippen LogP) is 5.39. The van der Waals surface area contributed by atoms with E-state index in [0.29, 0.717) is 5.57 Å². The van der Waals surface area contributed by atoms with Crippen LogP contribution in [0.3, 0.4) is 0 Å². The van der Waals surface area contributed by atoms with Gasteiger partial charge >= 0.3 is 0 Å². The smallest absolute Gasteiger partial charge is 0.219 e. The summed E-state index contributed by atoms with van der Waals surface area (Å²) in [4.78, 5) is 24.8.